The molecule has 27 heavy (non-hydrogen) atoms. The molecule has 9 heteroatoms. The maximum absolute atomic E-state index is 12.5. The van der Waals surface area contributed by atoms with Crippen LogP contribution in [-0.4, -0.2) is 14.3 Å². The molecule has 0 saturated heterocycles. The number of hydrogen-bond acceptors (Lipinski definition) is 3. The van der Waals surface area contributed by atoms with Crippen molar-refractivity contribution in [1.82, 2.24) is 0 Å². The molecule has 0 aromatic heterocycles. The van der Waals surface area contributed by atoms with Crippen molar-refractivity contribution in [3.63, 3.8) is 0 Å². The average Bonchev–Trinajstić information content (AvgIpc) is 2.55. The Bertz CT molecular complexity index is 996. The highest BCUT2D eigenvalue weighted by molar-refractivity contribution is 7.89. The van der Waals surface area contributed by atoms with E-state index < -0.39 is 27.7 Å². The van der Waals surface area contributed by atoms with Gasteiger partial charge in [0.25, 0.3) is 0 Å². The third kappa shape index (κ3) is 5.41. The number of carbonyl (C=O) groups excluding carboxylic acids is 1. The number of halogens is 3. The fourth-order valence-corrected chi connectivity index (χ4v) is 2.87. The lowest BCUT2D eigenvalue weighted by molar-refractivity contribution is -0.137. The van der Waals surface area contributed by atoms with Crippen molar-refractivity contribution in [3.05, 3.63) is 64.7 Å². The first-order valence-electron chi connectivity index (χ1n) is 7.68. The van der Waals surface area contributed by atoms with Crippen LogP contribution < -0.4 is 10.5 Å². The molecule has 0 unspecified atom stereocenters. The molecule has 0 radical (unpaired) electrons. The quantitative estimate of drug-likeness (QED) is 0.771. The van der Waals surface area contributed by atoms with E-state index in [4.69, 9.17) is 5.14 Å². The summed E-state index contributed by atoms with van der Waals surface area (Å²) in [4.78, 5) is 11.9. The molecular weight excluding hydrogens is 381 g/mol. The van der Waals surface area contributed by atoms with Gasteiger partial charge >= 0.3 is 6.18 Å². The second kappa shape index (κ2) is 7.53. The predicted octanol–water partition coefficient (Wildman–Crippen LogP) is 3.62. The molecule has 0 aliphatic carbocycles. The van der Waals surface area contributed by atoms with Crippen molar-refractivity contribution in [2.45, 2.75) is 24.9 Å². The Labute approximate surface area is 154 Å². The van der Waals surface area contributed by atoms with Crippen LogP contribution in [0.3, 0.4) is 0 Å². The molecule has 0 spiro atoms. The van der Waals surface area contributed by atoms with Gasteiger partial charge in [-0.3, -0.25) is 4.79 Å². The number of amides is 1. The van der Waals surface area contributed by atoms with Crippen LogP contribution in [0.15, 0.2) is 47.4 Å². The summed E-state index contributed by atoms with van der Waals surface area (Å²) in [6.07, 6.45) is -1.94. The van der Waals surface area contributed by atoms with E-state index in [-0.39, 0.29) is 10.6 Å². The molecule has 2 aromatic rings. The number of nitrogens with two attached hydrogens (primary N) is 1. The summed E-state index contributed by atoms with van der Waals surface area (Å²) in [5, 5.41) is 7.66. The number of aryl methyl sites for hydroxylation is 1. The number of alkyl halides is 3. The van der Waals surface area contributed by atoms with Gasteiger partial charge < -0.3 is 5.32 Å². The van der Waals surface area contributed by atoms with Crippen molar-refractivity contribution in [1.29, 1.82) is 0 Å². The van der Waals surface area contributed by atoms with E-state index in [1.54, 1.807) is 13.8 Å². The molecule has 0 atom stereocenters. The summed E-state index contributed by atoms with van der Waals surface area (Å²) < 4.78 is 60.6. The van der Waals surface area contributed by atoms with E-state index in [0.29, 0.717) is 16.7 Å². The standard InChI is InChI=1S/C18H17F3N2O3S/c1-11-9-15(27(22,25)26)10-16(12(11)2)23-17(24)8-5-13-3-6-14(7-4-13)18(19,20)21/h3-10H,1-2H3,(H,23,24)(H2,22,25,26)/b8-5+. The lowest BCUT2D eigenvalue weighted by Crippen LogP contribution is -2.15. The van der Waals surface area contributed by atoms with E-state index in [1.807, 2.05) is 0 Å². The van der Waals surface area contributed by atoms with E-state index >= 15 is 0 Å². The number of primary sulfonamides is 1. The van der Waals surface area contributed by atoms with Gasteiger partial charge in [-0.1, -0.05) is 12.1 Å². The fourth-order valence-electron chi connectivity index (χ4n) is 2.25. The molecule has 5 nitrogen and oxygen atoms in total. The highest BCUT2D eigenvalue weighted by Gasteiger charge is 2.29. The summed E-state index contributed by atoms with van der Waals surface area (Å²) in [6.45, 7) is 3.38. The van der Waals surface area contributed by atoms with Gasteiger partial charge in [-0.05, 0) is 60.9 Å². The normalized spacial score (nSPS) is 12.4. The maximum Gasteiger partial charge on any atom is 0.416 e. The topological polar surface area (TPSA) is 89.3 Å². The first-order valence-corrected chi connectivity index (χ1v) is 9.23. The van der Waals surface area contributed by atoms with Crippen LogP contribution >= 0.6 is 0 Å². The number of anilines is 1. The number of sulfonamides is 1. The van der Waals surface area contributed by atoms with Crippen LogP contribution in [0.2, 0.25) is 0 Å². The Hall–Kier alpha value is -2.65. The lowest BCUT2D eigenvalue weighted by atomic mass is 10.1. The summed E-state index contributed by atoms with van der Waals surface area (Å²) in [5.74, 6) is -0.566. The molecule has 2 rings (SSSR count). The zero-order valence-electron chi connectivity index (χ0n) is 14.5. The Morgan fingerprint density at radius 2 is 1.70 bits per heavy atom. The van der Waals surface area contributed by atoms with Crippen molar-refractivity contribution >= 4 is 27.7 Å². The summed E-state index contributed by atoms with van der Waals surface area (Å²) in [5.41, 5.74) is 1.20. The molecule has 0 fully saturated rings. The second-order valence-electron chi connectivity index (χ2n) is 5.90. The molecule has 144 valence electrons. The van der Waals surface area contributed by atoms with E-state index in [1.165, 1.54) is 30.3 Å². The number of rotatable bonds is 4. The van der Waals surface area contributed by atoms with Crippen LogP contribution in [0.5, 0.6) is 0 Å². The molecule has 0 bridgehead atoms. The van der Waals surface area contributed by atoms with Gasteiger partial charge in [0, 0.05) is 11.8 Å². The number of carbonyl (C=O) groups is 1. The van der Waals surface area contributed by atoms with Gasteiger partial charge in [-0.25, -0.2) is 13.6 Å². The van der Waals surface area contributed by atoms with Gasteiger partial charge in [0.1, 0.15) is 0 Å². The summed E-state index contributed by atoms with van der Waals surface area (Å²) >= 11 is 0. The van der Waals surface area contributed by atoms with Crippen LogP contribution in [0, 0.1) is 13.8 Å². The Morgan fingerprint density at radius 3 is 2.22 bits per heavy atom. The Balaban J connectivity index is 2.18. The summed E-state index contributed by atoms with van der Waals surface area (Å²) in [6, 6.07) is 6.97. The van der Waals surface area contributed by atoms with Crippen molar-refractivity contribution < 1.29 is 26.4 Å². The van der Waals surface area contributed by atoms with E-state index in [0.717, 1.165) is 18.2 Å². The minimum absolute atomic E-state index is 0.132. The molecule has 0 aliphatic heterocycles. The van der Waals surface area contributed by atoms with Crippen molar-refractivity contribution in [2.24, 2.45) is 5.14 Å². The largest absolute Gasteiger partial charge is 0.416 e. The molecule has 0 saturated carbocycles. The molecule has 1 amide bonds. The highest BCUT2D eigenvalue weighted by atomic mass is 32.2. The molecule has 0 aliphatic rings. The van der Waals surface area contributed by atoms with Crippen LogP contribution in [-0.2, 0) is 21.0 Å². The van der Waals surface area contributed by atoms with Crippen molar-refractivity contribution in [3.8, 4) is 0 Å². The zero-order chi connectivity index (χ0) is 20.4. The smallest absolute Gasteiger partial charge is 0.322 e. The third-order valence-electron chi connectivity index (χ3n) is 3.89. The van der Waals surface area contributed by atoms with Gasteiger partial charge in [-0.15, -0.1) is 0 Å². The SMILES string of the molecule is Cc1cc(S(N)(=O)=O)cc(NC(=O)/C=C/c2ccc(C(F)(F)F)cc2)c1C. The summed E-state index contributed by atoms with van der Waals surface area (Å²) in [7, 11) is -3.93. The zero-order valence-corrected chi connectivity index (χ0v) is 15.3. The minimum atomic E-state index is -4.43. The minimum Gasteiger partial charge on any atom is -0.322 e. The number of nitrogens with one attached hydrogen (secondary N) is 1. The number of benzene rings is 2. The number of hydrogen-bond donors (Lipinski definition) is 2. The average molecular weight is 398 g/mol. The van der Waals surface area contributed by atoms with Crippen LogP contribution in [0.4, 0.5) is 18.9 Å². The molecule has 2 aromatic carbocycles. The lowest BCUT2D eigenvalue weighted by Gasteiger charge is -2.11. The van der Waals surface area contributed by atoms with Gasteiger partial charge in [0.2, 0.25) is 15.9 Å². The monoisotopic (exact) mass is 398 g/mol. The Kier molecular flexibility index (Phi) is 5.76. The van der Waals surface area contributed by atoms with Crippen LogP contribution in [0.25, 0.3) is 6.08 Å². The third-order valence-corrected chi connectivity index (χ3v) is 4.79. The highest BCUT2D eigenvalue weighted by Crippen LogP contribution is 2.29. The second-order valence-corrected chi connectivity index (χ2v) is 7.46. The molecule has 3 N–H and O–H groups in total. The molecular formula is C18H17F3N2O3S. The fraction of sp³-hybridized carbons (Fsp3) is 0.167. The van der Waals surface area contributed by atoms with E-state index in [2.05, 4.69) is 5.32 Å². The van der Waals surface area contributed by atoms with Gasteiger partial charge in [0.15, 0.2) is 0 Å². The molecule has 0 heterocycles. The predicted molar refractivity (Wildman–Crippen MR) is 96.4 cm³/mol. The van der Waals surface area contributed by atoms with Crippen molar-refractivity contribution in [2.75, 3.05) is 5.32 Å². The Morgan fingerprint density at radius 1 is 1.11 bits per heavy atom. The van der Waals surface area contributed by atoms with Gasteiger partial charge in [-0.2, -0.15) is 13.2 Å². The maximum atomic E-state index is 12.5. The van der Waals surface area contributed by atoms with Crippen LogP contribution in [0.1, 0.15) is 22.3 Å². The first kappa shape index (κ1) is 20.7. The first-order chi connectivity index (χ1) is 12.4. The van der Waals surface area contributed by atoms with Gasteiger partial charge in [0.05, 0.1) is 10.5 Å². The van der Waals surface area contributed by atoms with E-state index in [9.17, 15) is 26.4 Å².